The molecule has 1 aliphatic heterocycles. The van der Waals surface area contributed by atoms with Crippen LogP contribution in [0.15, 0.2) is 118 Å². The zero-order valence-corrected chi connectivity index (χ0v) is 26.9. The van der Waals surface area contributed by atoms with Gasteiger partial charge >= 0.3 is 0 Å². The smallest absolute Gasteiger partial charge is 0.271 e. The van der Waals surface area contributed by atoms with Gasteiger partial charge in [0.2, 0.25) is 0 Å². The van der Waals surface area contributed by atoms with Gasteiger partial charge in [0, 0.05) is 16.3 Å². The number of anilines is 1. The van der Waals surface area contributed by atoms with E-state index < -0.39 is 6.04 Å². The Labute approximate surface area is 274 Å². The highest BCUT2D eigenvalue weighted by Gasteiger charge is 2.33. The van der Waals surface area contributed by atoms with Crippen LogP contribution < -0.4 is 34.4 Å². The van der Waals surface area contributed by atoms with Crippen molar-refractivity contribution >= 4 is 40.6 Å². The zero-order chi connectivity index (χ0) is 32.2. The van der Waals surface area contributed by atoms with E-state index in [1.165, 1.54) is 11.3 Å². The molecule has 6 rings (SSSR count). The van der Waals surface area contributed by atoms with E-state index in [0.717, 1.165) is 5.56 Å². The fourth-order valence-corrected chi connectivity index (χ4v) is 6.59. The second-order valence-corrected chi connectivity index (χ2v) is 11.9. The van der Waals surface area contributed by atoms with Crippen LogP contribution in [-0.4, -0.2) is 24.7 Å². The molecule has 0 saturated heterocycles. The Balaban J connectivity index is 1.47. The van der Waals surface area contributed by atoms with Crippen LogP contribution in [0.4, 0.5) is 5.69 Å². The van der Waals surface area contributed by atoms with Gasteiger partial charge in [0.15, 0.2) is 16.3 Å². The molecule has 0 fully saturated rings. The van der Waals surface area contributed by atoms with Crippen molar-refractivity contribution in [3.63, 3.8) is 0 Å². The topological polar surface area (TPSA) is 91.2 Å². The van der Waals surface area contributed by atoms with Crippen LogP contribution in [0, 0.1) is 0 Å². The number of nitrogens with one attached hydrogen (secondary N) is 1. The predicted octanol–water partition coefficient (Wildman–Crippen LogP) is 6.12. The molecule has 232 valence electrons. The number of ether oxygens (including phenoxy) is 3. The Kier molecular flexibility index (Phi) is 9.05. The second kappa shape index (κ2) is 13.5. The fraction of sp³-hybridized carbons (Fsp3) is 0.139. The third-order valence-corrected chi connectivity index (χ3v) is 8.71. The summed E-state index contributed by atoms with van der Waals surface area (Å²) in [5.41, 5.74) is 3.48. The molecule has 0 radical (unpaired) electrons. The molecule has 1 amide bonds. The summed E-state index contributed by atoms with van der Waals surface area (Å²) in [7, 11) is 3.15. The van der Waals surface area contributed by atoms with Crippen LogP contribution in [0.5, 0.6) is 17.2 Å². The molecular weight excluding hydrogens is 622 g/mol. The number of rotatable bonds is 9. The van der Waals surface area contributed by atoms with Crippen molar-refractivity contribution in [2.75, 3.05) is 19.5 Å². The summed E-state index contributed by atoms with van der Waals surface area (Å²) < 4.78 is 19.3. The number of hydrogen-bond acceptors (Lipinski definition) is 7. The first-order chi connectivity index (χ1) is 22.4. The van der Waals surface area contributed by atoms with Crippen molar-refractivity contribution in [2.45, 2.75) is 19.6 Å². The van der Waals surface area contributed by atoms with Gasteiger partial charge in [-0.3, -0.25) is 14.2 Å². The average molecular weight is 652 g/mol. The molecule has 1 atom stereocenters. The van der Waals surface area contributed by atoms with E-state index in [0.29, 0.717) is 59.7 Å². The number of allylic oxidation sites excluding steroid dienone is 1. The monoisotopic (exact) mass is 651 g/mol. The van der Waals surface area contributed by atoms with Crippen molar-refractivity contribution < 1.29 is 19.0 Å². The third-order valence-electron chi connectivity index (χ3n) is 7.50. The summed E-state index contributed by atoms with van der Waals surface area (Å²) >= 11 is 7.42. The zero-order valence-electron chi connectivity index (χ0n) is 25.3. The third kappa shape index (κ3) is 6.33. The average Bonchev–Trinajstić information content (AvgIpc) is 3.37. The maximum atomic E-state index is 14.3. The molecule has 1 aromatic heterocycles. The van der Waals surface area contributed by atoms with Crippen LogP contribution in [0.1, 0.15) is 29.7 Å². The lowest BCUT2D eigenvalue weighted by Gasteiger charge is -2.25. The number of halogens is 1. The van der Waals surface area contributed by atoms with Gasteiger partial charge in [0.1, 0.15) is 12.4 Å². The Morgan fingerprint density at radius 2 is 1.76 bits per heavy atom. The number of thiazole rings is 1. The van der Waals surface area contributed by atoms with Crippen LogP contribution >= 0.6 is 22.9 Å². The van der Waals surface area contributed by atoms with Crippen molar-refractivity contribution in [3.05, 3.63) is 150 Å². The Morgan fingerprint density at radius 3 is 2.52 bits per heavy atom. The highest BCUT2D eigenvalue weighted by molar-refractivity contribution is 7.07. The Morgan fingerprint density at radius 1 is 0.978 bits per heavy atom. The van der Waals surface area contributed by atoms with E-state index in [4.69, 9.17) is 30.8 Å². The number of para-hydroxylation sites is 2. The number of benzene rings is 4. The van der Waals surface area contributed by atoms with Crippen LogP contribution in [0.3, 0.4) is 0 Å². The lowest BCUT2D eigenvalue weighted by atomic mass is 9.95. The van der Waals surface area contributed by atoms with E-state index in [2.05, 4.69) is 5.32 Å². The van der Waals surface area contributed by atoms with Gasteiger partial charge in [-0.15, -0.1) is 0 Å². The van der Waals surface area contributed by atoms with E-state index in [1.807, 2.05) is 84.9 Å². The molecule has 0 aliphatic carbocycles. The largest absolute Gasteiger partial charge is 0.497 e. The number of carbonyl (C=O) groups excluding carboxylic acids is 1. The maximum Gasteiger partial charge on any atom is 0.271 e. The molecule has 0 spiro atoms. The first kappa shape index (κ1) is 30.9. The number of carbonyl (C=O) groups is 1. The van der Waals surface area contributed by atoms with Crippen LogP contribution in [0.25, 0.3) is 6.08 Å². The van der Waals surface area contributed by atoms with Crippen molar-refractivity contribution in [2.24, 2.45) is 4.99 Å². The van der Waals surface area contributed by atoms with Crippen LogP contribution in [-0.2, 0) is 11.4 Å². The Bertz CT molecular complexity index is 2140. The molecule has 8 nitrogen and oxygen atoms in total. The predicted molar refractivity (Wildman–Crippen MR) is 181 cm³/mol. The minimum Gasteiger partial charge on any atom is -0.497 e. The number of nitrogens with zero attached hydrogens (tertiary/aromatic N) is 2. The molecule has 4 aromatic carbocycles. The number of hydrogen-bond donors (Lipinski definition) is 1. The van der Waals surface area contributed by atoms with Gasteiger partial charge in [-0.2, -0.15) is 0 Å². The summed E-state index contributed by atoms with van der Waals surface area (Å²) in [6.45, 7) is 2.03. The molecule has 0 saturated carbocycles. The summed E-state index contributed by atoms with van der Waals surface area (Å²) in [5, 5.41) is 3.58. The highest BCUT2D eigenvalue weighted by atomic mass is 35.5. The lowest BCUT2D eigenvalue weighted by Crippen LogP contribution is -2.40. The Hall–Kier alpha value is -5.12. The molecule has 5 aromatic rings. The molecule has 2 heterocycles. The van der Waals surface area contributed by atoms with Crippen LogP contribution in [0.2, 0.25) is 5.02 Å². The molecule has 46 heavy (non-hydrogen) atoms. The molecule has 0 bridgehead atoms. The van der Waals surface area contributed by atoms with E-state index >= 15 is 0 Å². The summed E-state index contributed by atoms with van der Waals surface area (Å²) in [5.74, 6) is 1.27. The van der Waals surface area contributed by atoms with Gasteiger partial charge in [0.25, 0.3) is 11.5 Å². The van der Waals surface area contributed by atoms with Crippen molar-refractivity contribution in [3.8, 4) is 17.2 Å². The molecule has 1 N–H and O–H groups in total. The normalized spacial score (nSPS) is 14.3. The van der Waals surface area contributed by atoms with E-state index in [-0.39, 0.29) is 18.1 Å². The van der Waals surface area contributed by atoms with Gasteiger partial charge in [-0.1, -0.05) is 77.5 Å². The minimum absolute atomic E-state index is 0.248. The number of amides is 1. The highest BCUT2D eigenvalue weighted by Crippen LogP contribution is 2.34. The first-order valence-electron chi connectivity index (χ1n) is 14.4. The van der Waals surface area contributed by atoms with E-state index in [1.54, 1.807) is 43.9 Å². The number of aromatic nitrogens is 1. The summed E-state index contributed by atoms with van der Waals surface area (Å²) in [4.78, 5) is 33.3. The van der Waals surface area contributed by atoms with Gasteiger partial charge < -0.3 is 19.5 Å². The van der Waals surface area contributed by atoms with Gasteiger partial charge in [-0.25, -0.2) is 4.99 Å². The van der Waals surface area contributed by atoms with Crippen molar-refractivity contribution in [1.29, 1.82) is 0 Å². The number of methoxy groups -OCH3 is 2. The first-order valence-corrected chi connectivity index (χ1v) is 15.6. The maximum absolute atomic E-state index is 14.3. The van der Waals surface area contributed by atoms with Crippen molar-refractivity contribution in [1.82, 2.24) is 4.57 Å². The molecule has 0 unspecified atom stereocenters. The van der Waals surface area contributed by atoms with E-state index in [9.17, 15) is 9.59 Å². The van der Waals surface area contributed by atoms with Gasteiger partial charge in [-0.05, 0) is 66.6 Å². The second-order valence-electron chi connectivity index (χ2n) is 10.5. The molecule has 10 heteroatoms. The van der Waals surface area contributed by atoms with Gasteiger partial charge in [0.05, 0.1) is 36.1 Å². The SMILES string of the molecule is COc1cccc([C@H]2C(C(=O)Nc3ccccc3)=C(C)N=c3s/c(=C\c4cccc(OC)c4OCc4cccc(Cl)c4)c(=O)n32)c1. The lowest BCUT2D eigenvalue weighted by molar-refractivity contribution is -0.113. The molecular formula is C36H30ClN3O5S. The molecule has 1 aliphatic rings. The quantitative estimate of drug-likeness (QED) is 0.207. The standard InChI is InChI=1S/C36H30ClN3O5S/c1-22-31(34(41)39-27-14-5-4-6-15-27)32(24-11-8-16-28(19-24)43-2)40-35(42)30(46-36(40)38-22)20-25-12-9-17-29(44-3)33(25)45-21-23-10-7-13-26(37)18-23/h4-20,32H,21H2,1-3H3,(H,39,41)/b30-20-/t32-/m0/s1. The minimum atomic E-state index is -0.749. The summed E-state index contributed by atoms with van der Waals surface area (Å²) in [6, 6.07) is 28.7. The summed E-state index contributed by atoms with van der Waals surface area (Å²) in [6.07, 6.45) is 1.77. The fourth-order valence-electron chi connectivity index (χ4n) is 5.34. The number of fused-ring (bicyclic) bond motifs is 1.